The van der Waals surface area contributed by atoms with Gasteiger partial charge >= 0.3 is 0 Å². The maximum atomic E-state index is 13.1. The Balaban J connectivity index is 2.19. The molecular formula is C68H115NO8. The molecule has 77 heavy (non-hydrogen) atoms. The van der Waals surface area contributed by atoms with E-state index in [2.05, 4.69) is 129 Å². The molecule has 6 N–H and O–H groups in total. The van der Waals surface area contributed by atoms with Gasteiger partial charge in [0, 0.05) is 6.42 Å². The Morgan fingerprint density at radius 1 is 0.455 bits per heavy atom. The number of amides is 1. The molecule has 1 amide bonds. The lowest BCUT2D eigenvalue weighted by molar-refractivity contribution is -0.302. The van der Waals surface area contributed by atoms with Gasteiger partial charge in [0.15, 0.2) is 6.29 Å². The zero-order valence-corrected chi connectivity index (χ0v) is 48.9. The number of carbonyl (C=O) groups is 1. The number of allylic oxidation sites excluding steroid dienone is 19. The summed E-state index contributed by atoms with van der Waals surface area (Å²) in [6.45, 7) is 3.64. The van der Waals surface area contributed by atoms with Crippen molar-refractivity contribution in [1.82, 2.24) is 5.32 Å². The van der Waals surface area contributed by atoms with E-state index in [1.807, 2.05) is 6.08 Å². The van der Waals surface area contributed by atoms with Crippen LogP contribution < -0.4 is 5.32 Å². The highest BCUT2D eigenvalue weighted by Crippen LogP contribution is 2.23. The molecule has 0 radical (unpaired) electrons. The van der Waals surface area contributed by atoms with Crippen LogP contribution in [0.1, 0.15) is 245 Å². The predicted octanol–water partition coefficient (Wildman–Crippen LogP) is 16.3. The van der Waals surface area contributed by atoms with Gasteiger partial charge in [0.2, 0.25) is 5.91 Å². The minimum atomic E-state index is -1.58. The summed E-state index contributed by atoms with van der Waals surface area (Å²) >= 11 is 0. The summed E-state index contributed by atoms with van der Waals surface area (Å²) in [6.07, 6.45) is 77.0. The van der Waals surface area contributed by atoms with Crippen LogP contribution in [0.25, 0.3) is 0 Å². The van der Waals surface area contributed by atoms with Crippen molar-refractivity contribution in [3.8, 4) is 0 Å². The Labute approximate surface area is 471 Å². The van der Waals surface area contributed by atoms with Crippen molar-refractivity contribution in [2.75, 3.05) is 13.2 Å². The van der Waals surface area contributed by atoms with Crippen LogP contribution in [-0.2, 0) is 14.3 Å². The SMILES string of the molecule is CC/C=C\C/C=C\C/C=C\C/C=C\C/C=C\C/C=C\C/C=C\CCCCCCCCCCCCCCCC(=O)NC(COC1OC(CO)C(O)C(O)C1O)C(O)/C=C/CC/C=C/CC/C=C/CCCCCCCCCCC. The smallest absolute Gasteiger partial charge is 0.220 e. The number of hydrogen-bond donors (Lipinski definition) is 6. The Morgan fingerprint density at radius 3 is 1.25 bits per heavy atom. The van der Waals surface area contributed by atoms with Crippen LogP contribution in [0.3, 0.4) is 0 Å². The fourth-order valence-electron chi connectivity index (χ4n) is 9.11. The minimum Gasteiger partial charge on any atom is -0.394 e. The van der Waals surface area contributed by atoms with E-state index >= 15 is 0 Å². The molecule has 9 nitrogen and oxygen atoms in total. The maximum absolute atomic E-state index is 13.1. The number of unbranched alkanes of at least 4 members (excludes halogenated alkanes) is 24. The normalized spacial score (nSPS) is 19.6. The highest BCUT2D eigenvalue weighted by atomic mass is 16.7. The van der Waals surface area contributed by atoms with Gasteiger partial charge in [0.1, 0.15) is 24.4 Å². The van der Waals surface area contributed by atoms with Gasteiger partial charge in [-0.1, -0.05) is 257 Å². The molecule has 7 atom stereocenters. The molecule has 1 aliphatic rings. The fourth-order valence-corrected chi connectivity index (χ4v) is 9.11. The molecule has 7 unspecified atom stereocenters. The van der Waals surface area contributed by atoms with Crippen LogP contribution in [-0.4, -0.2) is 87.5 Å². The van der Waals surface area contributed by atoms with Crippen molar-refractivity contribution < 1.29 is 39.8 Å². The lowest BCUT2D eigenvalue weighted by atomic mass is 9.99. The van der Waals surface area contributed by atoms with E-state index in [9.17, 15) is 30.3 Å². The maximum Gasteiger partial charge on any atom is 0.220 e. The molecule has 0 aromatic rings. The van der Waals surface area contributed by atoms with Crippen LogP contribution >= 0.6 is 0 Å². The number of ether oxygens (including phenoxy) is 2. The summed E-state index contributed by atoms with van der Waals surface area (Å²) in [4.78, 5) is 13.1. The van der Waals surface area contributed by atoms with E-state index in [1.165, 1.54) is 128 Å². The van der Waals surface area contributed by atoms with Gasteiger partial charge in [0.05, 0.1) is 25.4 Å². The summed E-state index contributed by atoms with van der Waals surface area (Å²) < 4.78 is 11.3. The number of carbonyl (C=O) groups excluding carboxylic acids is 1. The molecular weight excluding hydrogens is 959 g/mol. The summed E-state index contributed by atoms with van der Waals surface area (Å²) in [7, 11) is 0. The van der Waals surface area contributed by atoms with E-state index in [4.69, 9.17) is 9.47 Å². The molecule has 0 aromatic heterocycles. The summed E-state index contributed by atoms with van der Waals surface area (Å²) in [5.74, 6) is -0.196. The number of aliphatic hydroxyl groups excluding tert-OH is 5. The molecule has 9 heteroatoms. The number of aliphatic hydroxyl groups is 5. The molecule has 0 saturated carbocycles. The second-order valence-electron chi connectivity index (χ2n) is 21.1. The summed E-state index contributed by atoms with van der Waals surface area (Å²) in [6, 6.07) is -0.837. The molecule has 1 saturated heterocycles. The van der Waals surface area contributed by atoms with Crippen molar-refractivity contribution >= 4 is 5.91 Å². The standard InChI is InChI=1S/C68H115NO8/c1-3-5-7-9-11-13-15-17-19-21-23-24-25-26-27-28-29-30-31-32-33-34-35-36-37-38-40-42-44-46-48-50-52-54-56-58-64(72)69-61(60-76-68-67(75)66(74)65(73)63(59-70)77-68)62(71)57-55-53-51-49-47-45-43-41-39-22-20-18-16-14-12-10-8-6-4-2/h5,7,11,13,17,19,23-24,26-27,29-30,32-33,39,41,47,49,55,57,61-63,65-68,70-71,73-75H,3-4,6,8-10,12,14-16,18,20-22,25,28,31,34-38,40,42-46,48,50-54,56,58-60H2,1-2H3,(H,69,72)/b7-5-,13-11-,19-17-,24-23-,27-26-,30-29-,33-32-,41-39+,49-47+,57-55+. The molecule has 0 bridgehead atoms. The van der Waals surface area contributed by atoms with Gasteiger partial charge in [-0.15, -0.1) is 0 Å². The largest absolute Gasteiger partial charge is 0.394 e. The second kappa shape index (κ2) is 55.9. The lowest BCUT2D eigenvalue weighted by Crippen LogP contribution is -2.60. The molecule has 1 rings (SSSR count). The first-order valence-corrected chi connectivity index (χ1v) is 31.3. The van der Waals surface area contributed by atoms with E-state index in [0.29, 0.717) is 6.42 Å². The predicted molar refractivity (Wildman–Crippen MR) is 327 cm³/mol. The average molecular weight is 1070 g/mol. The third-order valence-electron chi connectivity index (χ3n) is 14.0. The van der Waals surface area contributed by atoms with E-state index in [-0.39, 0.29) is 12.5 Å². The van der Waals surface area contributed by atoms with Gasteiger partial charge < -0.3 is 40.3 Å². The van der Waals surface area contributed by atoms with Gasteiger partial charge in [-0.05, 0) is 103 Å². The first-order valence-electron chi connectivity index (χ1n) is 31.3. The summed E-state index contributed by atoms with van der Waals surface area (Å²) in [5, 5.41) is 54.5. The second-order valence-corrected chi connectivity index (χ2v) is 21.1. The molecule has 1 fully saturated rings. The van der Waals surface area contributed by atoms with Crippen LogP contribution in [0.2, 0.25) is 0 Å². The Morgan fingerprint density at radius 2 is 0.818 bits per heavy atom. The third-order valence-corrected chi connectivity index (χ3v) is 14.0. The molecule has 1 aliphatic heterocycles. The fraction of sp³-hybridized carbons (Fsp3) is 0.691. The van der Waals surface area contributed by atoms with Gasteiger partial charge in [0.25, 0.3) is 0 Å². The minimum absolute atomic E-state index is 0.196. The van der Waals surface area contributed by atoms with Gasteiger partial charge in [-0.3, -0.25) is 4.79 Å². The van der Waals surface area contributed by atoms with Crippen molar-refractivity contribution in [3.05, 3.63) is 122 Å². The monoisotopic (exact) mass is 1070 g/mol. The molecule has 440 valence electrons. The van der Waals surface area contributed by atoms with Crippen molar-refractivity contribution in [3.63, 3.8) is 0 Å². The van der Waals surface area contributed by atoms with Crippen LogP contribution in [0.4, 0.5) is 0 Å². The topological polar surface area (TPSA) is 149 Å². The van der Waals surface area contributed by atoms with E-state index < -0.39 is 49.5 Å². The van der Waals surface area contributed by atoms with E-state index in [0.717, 1.165) is 96.3 Å². The third kappa shape index (κ3) is 45.1. The number of rotatable bonds is 52. The van der Waals surface area contributed by atoms with Crippen LogP contribution in [0, 0.1) is 0 Å². The lowest BCUT2D eigenvalue weighted by Gasteiger charge is -2.40. The number of nitrogens with one attached hydrogen (secondary N) is 1. The number of hydrogen-bond acceptors (Lipinski definition) is 8. The molecule has 0 aliphatic carbocycles. The zero-order chi connectivity index (χ0) is 55.8. The zero-order valence-electron chi connectivity index (χ0n) is 48.9. The molecule has 0 aromatic carbocycles. The molecule has 0 spiro atoms. The van der Waals surface area contributed by atoms with Gasteiger partial charge in [-0.2, -0.15) is 0 Å². The highest BCUT2D eigenvalue weighted by Gasteiger charge is 2.44. The van der Waals surface area contributed by atoms with Crippen molar-refractivity contribution in [2.45, 2.75) is 288 Å². The van der Waals surface area contributed by atoms with E-state index in [1.54, 1.807) is 6.08 Å². The Hall–Kier alpha value is -3.41. The quantitative estimate of drug-likeness (QED) is 0.0261. The van der Waals surface area contributed by atoms with Crippen molar-refractivity contribution in [2.24, 2.45) is 0 Å². The Kier molecular flexibility index (Phi) is 52.0. The molecule has 1 heterocycles. The first-order chi connectivity index (χ1) is 37.8. The van der Waals surface area contributed by atoms with Crippen LogP contribution in [0.5, 0.6) is 0 Å². The van der Waals surface area contributed by atoms with Crippen molar-refractivity contribution in [1.29, 1.82) is 0 Å². The Bertz CT molecular complexity index is 1620. The highest BCUT2D eigenvalue weighted by molar-refractivity contribution is 5.76. The average Bonchev–Trinajstić information content (AvgIpc) is 3.43. The summed E-state index contributed by atoms with van der Waals surface area (Å²) in [5.41, 5.74) is 0. The first kappa shape index (κ1) is 71.6. The van der Waals surface area contributed by atoms with Gasteiger partial charge in [-0.25, -0.2) is 0 Å². The van der Waals surface area contributed by atoms with Crippen LogP contribution in [0.15, 0.2) is 122 Å².